The fourth-order valence-electron chi connectivity index (χ4n) is 20.7. The zero-order valence-corrected chi connectivity index (χ0v) is 42.1. The highest BCUT2D eigenvalue weighted by molar-refractivity contribution is 5.97. The van der Waals surface area contributed by atoms with Gasteiger partial charge in [-0.25, -0.2) is 4.79 Å². The van der Waals surface area contributed by atoms with Crippen LogP contribution in [0.25, 0.3) is 0 Å². The quantitative estimate of drug-likeness (QED) is 0.0988. The fourth-order valence-corrected chi connectivity index (χ4v) is 20.7. The van der Waals surface area contributed by atoms with Crippen LogP contribution in [0.5, 0.6) is 0 Å². The highest BCUT2D eigenvalue weighted by atomic mass is 16.6. The van der Waals surface area contributed by atoms with Gasteiger partial charge in [-0.3, -0.25) is 24.0 Å². The molecule has 2 saturated heterocycles. The van der Waals surface area contributed by atoms with Crippen molar-refractivity contribution < 1.29 is 52.5 Å². The van der Waals surface area contributed by atoms with E-state index >= 15 is 0 Å². The zero-order chi connectivity index (χ0) is 47.6. The molecule has 12 aliphatic rings. The van der Waals surface area contributed by atoms with Gasteiger partial charge in [0.1, 0.15) is 17.8 Å². The Hall–Kier alpha value is -2.98. The highest BCUT2D eigenvalue weighted by Crippen LogP contribution is 2.70. The van der Waals surface area contributed by atoms with Crippen LogP contribution in [0.1, 0.15) is 164 Å². The lowest BCUT2D eigenvalue weighted by atomic mass is 9.58. The lowest BCUT2D eigenvalue weighted by Gasteiger charge is -2.47. The molecule has 11 heteroatoms. The summed E-state index contributed by atoms with van der Waals surface area (Å²) in [6.45, 7) is 14.4. The first-order valence-corrected chi connectivity index (χ1v) is 28.0. The topological polar surface area (TPSA) is 149 Å². The summed E-state index contributed by atoms with van der Waals surface area (Å²) in [4.78, 5) is 84.6. The van der Waals surface area contributed by atoms with Crippen molar-refractivity contribution in [2.75, 3.05) is 6.61 Å². The molecule has 0 aromatic rings. The molecule has 11 nitrogen and oxygen atoms in total. The number of hydrogen-bond donors (Lipinski definition) is 0. The van der Waals surface area contributed by atoms with E-state index in [4.69, 9.17) is 23.7 Å². The molecule has 0 aromatic carbocycles. The molecule has 374 valence electrons. The average Bonchev–Trinajstić information content (AvgIpc) is 4.14. The minimum atomic E-state index is -1.04. The minimum absolute atomic E-state index is 0.0289. The molecule has 0 amide bonds. The molecule has 0 aromatic heterocycles. The third-order valence-electron chi connectivity index (χ3n) is 23.6. The summed E-state index contributed by atoms with van der Waals surface area (Å²) in [7, 11) is 0. The zero-order valence-electron chi connectivity index (χ0n) is 42.1. The highest BCUT2D eigenvalue weighted by Gasteiger charge is 2.68. The Balaban J connectivity index is 0.813. The molecule has 10 aliphatic carbocycles. The molecule has 0 N–H and O–H groups in total. The maximum absolute atomic E-state index is 14.9. The van der Waals surface area contributed by atoms with Gasteiger partial charge < -0.3 is 23.7 Å². The smallest absolute Gasteiger partial charge is 0.348 e. The summed E-state index contributed by atoms with van der Waals surface area (Å²) in [6.07, 6.45) is 16.3. The Morgan fingerprint density at radius 3 is 1.82 bits per heavy atom. The van der Waals surface area contributed by atoms with Crippen LogP contribution in [0.2, 0.25) is 0 Å². The van der Waals surface area contributed by atoms with Crippen LogP contribution in [-0.2, 0) is 52.5 Å². The van der Waals surface area contributed by atoms with Crippen molar-refractivity contribution in [2.24, 2.45) is 129 Å². The standard InChI is InChI=1S/C57H80O11/c1-8-56(23-30-20-43(56)34-14-10-12-32(30)34)67-51(61)39-19-29-18-36(39)38(46(29)45-27(3)28-16-37(45)40(17-28)48(58)65-47-52(62)64-26-55(47,6)7)22-41-42(50(60)66-49(41)59)25-54(4,5)53(63)68-57(9-2)24-31-21-44(57)35-15-11-13-33(31)35/h27-47H,8-26H2,1-7H3. The van der Waals surface area contributed by atoms with E-state index in [-0.39, 0.29) is 78.3 Å². The van der Waals surface area contributed by atoms with Crippen LogP contribution in [-0.4, -0.2) is 59.7 Å². The van der Waals surface area contributed by atoms with Crippen LogP contribution in [0.3, 0.4) is 0 Å². The van der Waals surface area contributed by atoms with E-state index in [1.807, 2.05) is 27.7 Å². The number of carbonyl (C=O) groups excluding carboxylic acids is 6. The van der Waals surface area contributed by atoms with E-state index in [0.29, 0.717) is 53.8 Å². The van der Waals surface area contributed by atoms with Crippen molar-refractivity contribution in [2.45, 2.75) is 181 Å². The molecule has 10 saturated carbocycles. The molecule has 0 radical (unpaired) electrons. The predicted molar refractivity (Wildman–Crippen MR) is 247 cm³/mol. The van der Waals surface area contributed by atoms with Crippen LogP contribution in [0.4, 0.5) is 0 Å². The summed E-state index contributed by atoms with van der Waals surface area (Å²) in [5, 5.41) is 0. The van der Waals surface area contributed by atoms with Crippen molar-refractivity contribution in [3.8, 4) is 0 Å². The lowest BCUT2D eigenvalue weighted by molar-refractivity contribution is -0.183. The fraction of sp³-hybridized carbons (Fsp3) is 0.895. The molecular formula is C57H80O11. The molecule has 0 spiro atoms. The Labute approximate surface area is 404 Å². The SMILES string of the molecule is CCC1(OC(=O)C2CC3CC2C(CC2C(=O)OC(=O)C2CC(C)(C)C(=O)OC2(CC)CC4CC2C2CCCC42)C3C2C(C)C3CC(C(=O)OC4C(=O)OCC4(C)C)C2C3)CC2CC1C1CCCC21. The van der Waals surface area contributed by atoms with E-state index < -0.39 is 57.9 Å². The van der Waals surface area contributed by atoms with E-state index in [1.165, 1.54) is 44.9 Å². The van der Waals surface area contributed by atoms with Crippen molar-refractivity contribution in [1.29, 1.82) is 0 Å². The second-order valence-corrected chi connectivity index (χ2v) is 27.1. The number of rotatable bonds is 13. The van der Waals surface area contributed by atoms with Crippen molar-refractivity contribution >= 4 is 35.8 Å². The van der Waals surface area contributed by atoms with Crippen LogP contribution in [0.15, 0.2) is 0 Å². The Kier molecular flexibility index (Phi) is 10.9. The third-order valence-corrected chi connectivity index (χ3v) is 23.6. The van der Waals surface area contributed by atoms with Crippen molar-refractivity contribution in [3.63, 3.8) is 0 Å². The molecule has 12 rings (SSSR count). The van der Waals surface area contributed by atoms with E-state index in [0.717, 1.165) is 69.6 Å². The van der Waals surface area contributed by atoms with Gasteiger partial charge in [-0.1, -0.05) is 47.5 Å². The van der Waals surface area contributed by atoms with Gasteiger partial charge in [0.25, 0.3) is 0 Å². The molecule has 23 unspecified atom stereocenters. The maximum Gasteiger partial charge on any atom is 0.348 e. The molecule has 2 heterocycles. The first-order chi connectivity index (χ1) is 32.4. The molecule has 12 fully saturated rings. The monoisotopic (exact) mass is 941 g/mol. The van der Waals surface area contributed by atoms with Crippen LogP contribution >= 0.6 is 0 Å². The third kappa shape index (κ3) is 6.71. The molecule has 23 atom stereocenters. The van der Waals surface area contributed by atoms with Gasteiger partial charge >= 0.3 is 35.8 Å². The summed E-state index contributed by atoms with van der Waals surface area (Å²) in [5.41, 5.74) is -2.52. The van der Waals surface area contributed by atoms with E-state index in [2.05, 4.69) is 20.8 Å². The van der Waals surface area contributed by atoms with Crippen molar-refractivity contribution in [3.05, 3.63) is 0 Å². The number of ether oxygens (including phenoxy) is 5. The summed E-state index contributed by atoms with van der Waals surface area (Å²) < 4.78 is 30.6. The van der Waals surface area contributed by atoms with Gasteiger partial charge in [-0.15, -0.1) is 0 Å². The number of hydrogen-bond acceptors (Lipinski definition) is 11. The number of esters is 6. The maximum atomic E-state index is 14.9. The van der Waals surface area contributed by atoms with E-state index in [1.54, 1.807) is 0 Å². The Morgan fingerprint density at radius 1 is 0.647 bits per heavy atom. The van der Waals surface area contributed by atoms with Gasteiger partial charge in [-0.2, -0.15) is 0 Å². The van der Waals surface area contributed by atoms with E-state index in [9.17, 15) is 28.8 Å². The van der Waals surface area contributed by atoms with Crippen LogP contribution in [0, 0.1) is 129 Å². The average molecular weight is 941 g/mol. The largest absolute Gasteiger partial charge is 0.462 e. The lowest BCUT2D eigenvalue weighted by Crippen LogP contribution is -2.48. The molecule has 68 heavy (non-hydrogen) atoms. The van der Waals surface area contributed by atoms with Gasteiger partial charge in [0.2, 0.25) is 6.10 Å². The van der Waals surface area contributed by atoms with Gasteiger partial charge in [0, 0.05) is 17.3 Å². The van der Waals surface area contributed by atoms with Gasteiger partial charge in [0.15, 0.2) is 0 Å². The number of fused-ring (bicyclic) bond motifs is 14. The first kappa shape index (κ1) is 46.1. The van der Waals surface area contributed by atoms with Gasteiger partial charge in [-0.05, 0) is 199 Å². The minimum Gasteiger partial charge on any atom is -0.462 e. The first-order valence-electron chi connectivity index (χ1n) is 28.0. The predicted octanol–water partition coefficient (Wildman–Crippen LogP) is 9.70. The summed E-state index contributed by atoms with van der Waals surface area (Å²) in [5.74, 6) is 1.57. The molecule has 2 aliphatic heterocycles. The molecule has 8 bridgehead atoms. The number of carbonyl (C=O) groups is 6. The van der Waals surface area contributed by atoms with Gasteiger partial charge in [0.05, 0.1) is 29.1 Å². The Morgan fingerprint density at radius 2 is 1.22 bits per heavy atom. The summed E-state index contributed by atoms with van der Waals surface area (Å²) in [6, 6.07) is 0. The van der Waals surface area contributed by atoms with Crippen LogP contribution < -0.4 is 0 Å². The second-order valence-electron chi connectivity index (χ2n) is 27.1. The van der Waals surface area contributed by atoms with Crippen molar-refractivity contribution in [1.82, 2.24) is 0 Å². The Bertz CT molecular complexity index is 2130. The normalized spacial score (nSPS) is 50.8. The second kappa shape index (κ2) is 16.0. The summed E-state index contributed by atoms with van der Waals surface area (Å²) >= 11 is 0. The number of cyclic esters (lactones) is 3. The molecular weight excluding hydrogens is 861 g/mol.